The van der Waals surface area contributed by atoms with Gasteiger partial charge in [-0.3, -0.25) is 14.0 Å². The summed E-state index contributed by atoms with van der Waals surface area (Å²) in [6.07, 6.45) is 2.93. The van der Waals surface area contributed by atoms with Crippen molar-refractivity contribution in [3.05, 3.63) is 57.5 Å². The lowest BCUT2D eigenvalue weighted by atomic mass is 10.1. The molecule has 0 fully saturated rings. The third-order valence-electron chi connectivity index (χ3n) is 4.00. The molecule has 0 spiro atoms. The molecule has 1 aliphatic rings. The van der Waals surface area contributed by atoms with Gasteiger partial charge in [-0.05, 0) is 24.6 Å². The molecule has 1 atom stereocenters. The molecule has 2 aromatic heterocycles. The second-order valence-electron chi connectivity index (χ2n) is 5.63. The van der Waals surface area contributed by atoms with Crippen LogP contribution in [-0.2, 0) is 0 Å². The summed E-state index contributed by atoms with van der Waals surface area (Å²) in [5.74, 6) is 0.894. The molecule has 0 bridgehead atoms. The number of hydrogen-bond donors (Lipinski definition) is 1. The molecule has 0 radical (unpaired) electrons. The van der Waals surface area contributed by atoms with Crippen LogP contribution in [0.5, 0.6) is 11.5 Å². The minimum atomic E-state index is -0.458. The van der Waals surface area contributed by atoms with Gasteiger partial charge in [0.2, 0.25) is 0 Å². The van der Waals surface area contributed by atoms with Crippen LogP contribution in [0.4, 0.5) is 0 Å². The van der Waals surface area contributed by atoms with Crippen LogP contribution in [-0.4, -0.2) is 28.5 Å². The number of fused-ring (bicyclic) bond motifs is 2. The quantitative estimate of drug-likeness (QED) is 0.775. The largest absolute Gasteiger partial charge is 0.486 e. The van der Waals surface area contributed by atoms with Crippen molar-refractivity contribution in [1.82, 2.24) is 14.7 Å². The van der Waals surface area contributed by atoms with Crippen molar-refractivity contribution >= 4 is 22.2 Å². The minimum Gasteiger partial charge on any atom is -0.486 e. The van der Waals surface area contributed by atoms with Crippen molar-refractivity contribution in [2.45, 2.75) is 13.0 Å². The first-order chi connectivity index (χ1) is 12.1. The smallest absolute Gasteiger partial charge is 0.271 e. The van der Waals surface area contributed by atoms with Gasteiger partial charge in [0.1, 0.15) is 18.8 Å². The number of carbonyl (C=O) groups is 1. The number of benzene rings is 1. The molecule has 1 N–H and O–H groups in total. The highest BCUT2D eigenvalue weighted by Gasteiger charge is 2.19. The zero-order valence-electron chi connectivity index (χ0n) is 13.4. The van der Waals surface area contributed by atoms with E-state index in [9.17, 15) is 9.59 Å². The summed E-state index contributed by atoms with van der Waals surface area (Å²) in [4.78, 5) is 29.6. The molecule has 128 valence electrons. The summed E-state index contributed by atoms with van der Waals surface area (Å²) in [5.41, 5.74) is 0.501. The highest BCUT2D eigenvalue weighted by atomic mass is 32.1. The third-order valence-corrected chi connectivity index (χ3v) is 4.77. The molecule has 1 unspecified atom stereocenters. The molecule has 3 heterocycles. The number of amides is 1. The molecule has 25 heavy (non-hydrogen) atoms. The molecule has 0 saturated carbocycles. The summed E-state index contributed by atoms with van der Waals surface area (Å²) < 4.78 is 12.4. The number of thiazole rings is 1. The van der Waals surface area contributed by atoms with E-state index < -0.39 is 5.91 Å². The lowest BCUT2D eigenvalue weighted by Gasteiger charge is -2.21. The predicted molar refractivity (Wildman–Crippen MR) is 92.7 cm³/mol. The standard InChI is InChI=1S/C17H15N3O4S/c1-10(11-2-3-13-14(8-11)24-6-5-23-13)19-15(21)12-9-18-17-20(16(12)22)4-7-25-17/h2-4,7-10H,5-6H2,1H3,(H,19,21). The molecule has 7 nitrogen and oxygen atoms in total. The fourth-order valence-electron chi connectivity index (χ4n) is 2.67. The van der Waals surface area contributed by atoms with Crippen LogP contribution in [0, 0.1) is 0 Å². The first-order valence-corrected chi connectivity index (χ1v) is 8.67. The van der Waals surface area contributed by atoms with Crippen LogP contribution in [0.25, 0.3) is 4.96 Å². The fourth-order valence-corrected chi connectivity index (χ4v) is 3.34. The van der Waals surface area contributed by atoms with Gasteiger partial charge in [0, 0.05) is 17.8 Å². The highest BCUT2D eigenvalue weighted by Crippen LogP contribution is 2.32. The normalized spacial score (nSPS) is 14.3. The molecule has 1 aliphatic heterocycles. The van der Waals surface area contributed by atoms with Gasteiger partial charge in [-0.15, -0.1) is 11.3 Å². The Morgan fingerprint density at radius 2 is 2.12 bits per heavy atom. The maximum absolute atomic E-state index is 12.5. The molecule has 4 rings (SSSR count). The first kappa shape index (κ1) is 15.6. The number of nitrogens with zero attached hydrogens (tertiary/aromatic N) is 2. The van der Waals surface area contributed by atoms with E-state index in [1.807, 2.05) is 25.1 Å². The lowest BCUT2D eigenvalue weighted by molar-refractivity contribution is 0.0937. The number of nitrogens with one attached hydrogen (secondary N) is 1. The zero-order valence-corrected chi connectivity index (χ0v) is 14.2. The van der Waals surface area contributed by atoms with Gasteiger partial charge in [-0.1, -0.05) is 6.07 Å². The summed E-state index contributed by atoms with van der Waals surface area (Å²) in [7, 11) is 0. The Balaban J connectivity index is 1.57. The van der Waals surface area contributed by atoms with E-state index >= 15 is 0 Å². The molecular formula is C17H15N3O4S. The molecule has 8 heteroatoms. The van der Waals surface area contributed by atoms with Crippen LogP contribution in [0.1, 0.15) is 28.9 Å². The maximum Gasteiger partial charge on any atom is 0.271 e. The minimum absolute atomic E-state index is 0.0142. The van der Waals surface area contributed by atoms with Gasteiger partial charge in [-0.2, -0.15) is 0 Å². The van der Waals surface area contributed by atoms with Crippen molar-refractivity contribution < 1.29 is 14.3 Å². The zero-order chi connectivity index (χ0) is 17.4. The predicted octanol–water partition coefficient (Wildman–Crippen LogP) is 2.02. The third kappa shape index (κ3) is 2.85. The highest BCUT2D eigenvalue weighted by molar-refractivity contribution is 7.15. The van der Waals surface area contributed by atoms with Crippen molar-refractivity contribution in [3.8, 4) is 11.5 Å². The maximum atomic E-state index is 12.5. The van der Waals surface area contributed by atoms with E-state index in [0.717, 1.165) is 5.56 Å². The number of aromatic nitrogens is 2. The van der Waals surface area contributed by atoms with E-state index in [2.05, 4.69) is 10.3 Å². The Bertz CT molecular complexity index is 1010. The molecule has 1 aromatic carbocycles. The Morgan fingerprint density at radius 1 is 1.32 bits per heavy atom. The molecular weight excluding hydrogens is 342 g/mol. The van der Waals surface area contributed by atoms with Crippen molar-refractivity contribution in [2.24, 2.45) is 0 Å². The second-order valence-corrected chi connectivity index (χ2v) is 6.50. The van der Waals surface area contributed by atoms with Gasteiger partial charge < -0.3 is 14.8 Å². The van der Waals surface area contributed by atoms with Crippen molar-refractivity contribution in [2.75, 3.05) is 13.2 Å². The summed E-state index contributed by atoms with van der Waals surface area (Å²) in [6, 6.07) is 5.23. The van der Waals surface area contributed by atoms with E-state index in [1.165, 1.54) is 21.9 Å². The van der Waals surface area contributed by atoms with Gasteiger partial charge in [0.25, 0.3) is 11.5 Å². The lowest BCUT2D eigenvalue weighted by Crippen LogP contribution is -2.32. The Labute approximate surface area is 146 Å². The molecule has 0 aliphatic carbocycles. The average molecular weight is 357 g/mol. The monoisotopic (exact) mass is 357 g/mol. The SMILES string of the molecule is CC(NC(=O)c1cnc2sccn2c1=O)c1ccc2c(c1)OCCO2. The Kier molecular flexibility index (Phi) is 3.89. The molecule has 0 saturated heterocycles. The number of rotatable bonds is 3. The van der Waals surface area contributed by atoms with E-state index in [-0.39, 0.29) is 17.2 Å². The summed E-state index contributed by atoms with van der Waals surface area (Å²) >= 11 is 1.34. The van der Waals surface area contributed by atoms with Crippen LogP contribution < -0.4 is 20.3 Å². The average Bonchev–Trinajstić information content (AvgIpc) is 3.11. The number of ether oxygens (including phenoxy) is 2. The molecule has 1 amide bonds. The second kappa shape index (κ2) is 6.21. The number of carbonyl (C=O) groups excluding carboxylic acids is 1. The van der Waals surface area contributed by atoms with Gasteiger partial charge in [-0.25, -0.2) is 4.98 Å². The topological polar surface area (TPSA) is 81.9 Å². The fraction of sp³-hybridized carbons (Fsp3) is 0.235. The first-order valence-electron chi connectivity index (χ1n) is 7.79. The van der Waals surface area contributed by atoms with Crippen LogP contribution in [0.3, 0.4) is 0 Å². The number of hydrogen-bond acceptors (Lipinski definition) is 6. The summed E-state index contributed by atoms with van der Waals surface area (Å²) in [5, 5.41) is 4.58. The van der Waals surface area contributed by atoms with Crippen LogP contribution in [0.2, 0.25) is 0 Å². The van der Waals surface area contributed by atoms with E-state index in [4.69, 9.17) is 9.47 Å². The summed E-state index contributed by atoms with van der Waals surface area (Å²) in [6.45, 7) is 2.87. The van der Waals surface area contributed by atoms with Gasteiger partial charge in [0.15, 0.2) is 16.5 Å². The Hall–Kier alpha value is -2.87. The van der Waals surface area contributed by atoms with Gasteiger partial charge >= 0.3 is 0 Å². The van der Waals surface area contributed by atoms with Crippen LogP contribution >= 0.6 is 11.3 Å². The Morgan fingerprint density at radius 3 is 2.96 bits per heavy atom. The van der Waals surface area contributed by atoms with Gasteiger partial charge in [0.05, 0.1) is 6.04 Å². The van der Waals surface area contributed by atoms with Crippen LogP contribution in [0.15, 0.2) is 40.8 Å². The van der Waals surface area contributed by atoms with E-state index in [1.54, 1.807) is 11.6 Å². The van der Waals surface area contributed by atoms with E-state index in [0.29, 0.717) is 29.7 Å². The van der Waals surface area contributed by atoms with Crippen molar-refractivity contribution in [3.63, 3.8) is 0 Å². The molecule has 3 aromatic rings. The van der Waals surface area contributed by atoms with Crippen molar-refractivity contribution in [1.29, 1.82) is 0 Å².